The SMILES string of the molecule is Cc1ccc2c(CNC(=O)C(Cl)c3ccccc3)cc(=O)oc2c1. The van der Waals surface area contributed by atoms with Gasteiger partial charge in [0.15, 0.2) is 0 Å². The van der Waals surface area contributed by atoms with E-state index in [0.717, 1.165) is 16.5 Å². The number of aryl methyl sites for hydroxylation is 1. The van der Waals surface area contributed by atoms with Gasteiger partial charge in [-0.2, -0.15) is 0 Å². The monoisotopic (exact) mass is 341 g/mol. The maximum absolute atomic E-state index is 12.2. The maximum atomic E-state index is 12.2. The lowest BCUT2D eigenvalue weighted by molar-refractivity contribution is -0.121. The first-order chi connectivity index (χ1) is 11.5. The van der Waals surface area contributed by atoms with Gasteiger partial charge in [0.2, 0.25) is 5.91 Å². The number of hydrogen-bond acceptors (Lipinski definition) is 3. The second kappa shape index (κ2) is 6.89. The summed E-state index contributed by atoms with van der Waals surface area (Å²) in [5.41, 5.74) is 2.49. The summed E-state index contributed by atoms with van der Waals surface area (Å²) in [6.07, 6.45) is 0. The van der Waals surface area contributed by atoms with E-state index in [1.807, 2.05) is 37.3 Å². The van der Waals surface area contributed by atoms with E-state index >= 15 is 0 Å². The maximum Gasteiger partial charge on any atom is 0.336 e. The highest BCUT2D eigenvalue weighted by molar-refractivity contribution is 6.30. The molecule has 2 aromatic carbocycles. The van der Waals surface area contributed by atoms with E-state index in [1.54, 1.807) is 18.2 Å². The summed E-state index contributed by atoms with van der Waals surface area (Å²) in [4.78, 5) is 24.0. The minimum absolute atomic E-state index is 0.208. The molecule has 4 nitrogen and oxygen atoms in total. The molecule has 1 unspecified atom stereocenters. The molecule has 1 aromatic heterocycles. The van der Waals surface area contributed by atoms with Gasteiger partial charge in [0.1, 0.15) is 11.0 Å². The van der Waals surface area contributed by atoms with Gasteiger partial charge < -0.3 is 9.73 Å². The molecule has 1 atom stereocenters. The number of halogens is 1. The molecule has 122 valence electrons. The lowest BCUT2D eigenvalue weighted by atomic mass is 10.1. The van der Waals surface area contributed by atoms with E-state index in [2.05, 4.69) is 5.32 Å². The molecule has 0 aliphatic heterocycles. The predicted octanol–water partition coefficient (Wildman–Crippen LogP) is 3.70. The highest BCUT2D eigenvalue weighted by atomic mass is 35.5. The third kappa shape index (κ3) is 3.49. The summed E-state index contributed by atoms with van der Waals surface area (Å²) in [7, 11) is 0. The first kappa shape index (κ1) is 16.3. The lowest BCUT2D eigenvalue weighted by Gasteiger charge is -2.12. The third-order valence-corrected chi connectivity index (χ3v) is 4.21. The van der Waals surface area contributed by atoms with Crippen molar-refractivity contribution in [1.82, 2.24) is 5.32 Å². The largest absolute Gasteiger partial charge is 0.423 e. The van der Waals surface area contributed by atoms with Crippen molar-refractivity contribution in [2.75, 3.05) is 0 Å². The zero-order chi connectivity index (χ0) is 17.1. The van der Waals surface area contributed by atoms with Crippen molar-refractivity contribution in [3.8, 4) is 0 Å². The van der Waals surface area contributed by atoms with Crippen LogP contribution >= 0.6 is 11.6 Å². The van der Waals surface area contributed by atoms with Gasteiger partial charge >= 0.3 is 5.63 Å². The number of amides is 1. The molecule has 0 saturated carbocycles. The minimum Gasteiger partial charge on any atom is -0.423 e. The van der Waals surface area contributed by atoms with Crippen LogP contribution in [0.4, 0.5) is 0 Å². The van der Waals surface area contributed by atoms with Crippen molar-refractivity contribution >= 4 is 28.5 Å². The minimum atomic E-state index is -0.778. The molecule has 5 heteroatoms. The molecule has 0 radical (unpaired) electrons. The summed E-state index contributed by atoms with van der Waals surface area (Å²) in [5.74, 6) is -0.309. The number of nitrogens with one attached hydrogen (secondary N) is 1. The number of fused-ring (bicyclic) bond motifs is 1. The van der Waals surface area contributed by atoms with Gasteiger partial charge in [-0.25, -0.2) is 4.79 Å². The number of benzene rings is 2. The quantitative estimate of drug-likeness (QED) is 0.581. The number of carbonyl (C=O) groups is 1. The lowest BCUT2D eigenvalue weighted by Crippen LogP contribution is -2.27. The predicted molar refractivity (Wildman–Crippen MR) is 94.1 cm³/mol. The van der Waals surface area contributed by atoms with Gasteiger partial charge in [-0.15, -0.1) is 11.6 Å². The molecule has 0 bridgehead atoms. The fraction of sp³-hybridized carbons (Fsp3) is 0.158. The molecular weight excluding hydrogens is 326 g/mol. The van der Waals surface area contributed by atoms with Gasteiger partial charge in [-0.1, -0.05) is 42.5 Å². The smallest absolute Gasteiger partial charge is 0.336 e. The van der Waals surface area contributed by atoms with Crippen molar-refractivity contribution in [2.45, 2.75) is 18.8 Å². The van der Waals surface area contributed by atoms with Crippen LogP contribution in [0.2, 0.25) is 0 Å². The molecule has 0 aliphatic carbocycles. The van der Waals surface area contributed by atoms with Gasteiger partial charge in [0.25, 0.3) is 0 Å². The van der Waals surface area contributed by atoms with Crippen molar-refractivity contribution in [3.63, 3.8) is 0 Å². The van der Waals surface area contributed by atoms with Crippen LogP contribution in [0.1, 0.15) is 22.1 Å². The van der Waals surface area contributed by atoms with Crippen LogP contribution in [0.25, 0.3) is 11.0 Å². The van der Waals surface area contributed by atoms with E-state index in [1.165, 1.54) is 6.07 Å². The van der Waals surface area contributed by atoms with Crippen LogP contribution in [0.15, 0.2) is 63.8 Å². The van der Waals surface area contributed by atoms with E-state index in [4.69, 9.17) is 16.0 Å². The highest BCUT2D eigenvalue weighted by Crippen LogP contribution is 2.21. The summed E-state index contributed by atoms with van der Waals surface area (Å²) < 4.78 is 5.21. The molecule has 24 heavy (non-hydrogen) atoms. The van der Waals surface area contributed by atoms with Crippen LogP contribution in [0, 0.1) is 6.92 Å². The highest BCUT2D eigenvalue weighted by Gasteiger charge is 2.17. The van der Waals surface area contributed by atoms with Crippen LogP contribution in [-0.4, -0.2) is 5.91 Å². The van der Waals surface area contributed by atoms with Gasteiger partial charge in [-0.05, 0) is 29.7 Å². The number of rotatable bonds is 4. The first-order valence-electron chi connectivity index (χ1n) is 7.55. The average molecular weight is 342 g/mol. The standard InChI is InChI=1S/C19H16ClNO3/c1-12-7-8-15-14(10-17(22)24-16(15)9-12)11-21-19(23)18(20)13-5-3-2-4-6-13/h2-10,18H,11H2,1H3,(H,21,23). The summed E-state index contributed by atoms with van der Waals surface area (Å²) in [6, 6.07) is 16.1. The Hall–Kier alpha value is -2.59. The summed E-state index contributed by atoms with van der Waals surface area (Å²) in [6.45, 7) is 2.13. The molecule has 1 amide bonds. The Morgan fingerprint density at radius 3 is 2.67 bits per heavy atom. The molecule has 0 spiro atoms. The summed E-state index contributed by atoms with van der Waals surface area (Å²) in [5, 5.41) is 2.80. The number of alkyl halides is 1. The van der Waals surface area contributed by atoms with Gasteiger partial charge in [-0.3, -0.25) is 4.79 Å². The Bertz CT molecular complexity index is 934. The van der Waals surface area contributed by atoms with E-state index in [9.17, 15) is 9.59 Å². The Labute approximate surface area is 144 Å². The van der Waals surface area contributed by atoms with E-state index in [0.29, 0.717) is 11.1 Å². The van der Waals surface area contributed by atoms with Crippen molar-refractivity contribution in [3.05, 3.63) is 81.7 Å². The zero-order valence-electron chi connectivity index (χ0n) is 13.1. The first-order valence-corrected chi connectivity index (χ1v) is 7.98. The molecule has 0 saturated heterocycles. The van der Waals surface area contributed by atoms with Crippen LogP contribution < -0.4 is 10.9 Å². The van der Waals surface area contributed by atoms with E-state index in [-0.39, 0.29) is 12.5 Å². The third-order valence-electron chi connectivity index (χ3n) is 3.76. The molecule has 3 rings (SSSR count). The molecule has 0 fully saturated rings. The fourth-order valence-electron chi connectivity index (χ4n) is 2.53. The molecule has 1 heterocycles. The van der Waals surface area contributed by atoms with Crippen LogP contribution in [-0.2, 0) is 11.3 Å². The zero-order valence-corrected chi connectivity index (χ0v) is 13.8. The normalized spacial score (nSPS) is 12.1. The van der Waals surface area contributed by atoms with Crippen LogP contribution in [0.3, 0.4) is 0 Å². The van der Waals surface area contributed by atoms with Gasteiger partial charge in [0.05, 0.1) is 0 Å². The fourth-order valence-corrected chi connectivity index (χ4v) is 2.75. The Morgan fingerprint density at radius 2 is 1.92 bits per heavy atom. The van der Waals surface area contributed by atoms with Crippen LogP contribution in [0.5, 0.6) is 0 Å². The molecule has 1 N–H and O–H groups in total. The second-order valence-electron chi connectivity index (χ2n) is 5.58. The molecule has 3 aromatic rings. The number of hydrogen-bond donors (Lipinski definition) is 1. The van der Waals surface area contributed by atoms with Crippen molar-refractivity contribution in [2.24, 2.45) is 0 Å². The van der Waals surface area contributed by atoms with Crippen molar-refractivity contribution < 1.29 is 9.21 Å². The summed E-state index contributed by atoms with van der Waals surface area (Å²) >= 11 is 6.20. The molecule has 0 aliphatic rings. The Morgan fingerprint density at radius 1 is 1.17 bits per heavy atom. The average Bonchev–Trinajstić information content (AvgIpc) is 2.59. The molecular formula is C19H16ClNO3. The second-order valence-corrected chi connectivity index (χ2v) is 6.02. The van der Waals surface area contributed by atoms with Gasteiger partial charge in [0, 0.05) is 18.0 Å². The topological polar surface area (TPSA) is 59.3 Å². The number of carbonyl (C=O) groups excluding carboxylic acids is 1. The van der Waals surface area contributed by atoms with E-state index < -0.39 is 11.0 Å². The van der Waals surface area contributed by atoms with Crippen molar-refractivity contribution in [1.29, 1.82) is 0 Å². The Balaban J connectivity index is 1.81. The Kier molecular flexibility index (Phi) is 4.67.